The summed E-state index contributed by atoms with van der Waals surface area (Å²) in [7, 11) is 2.02. The number of benzene rings is 1. The van der Waals surface area contributed by atoms with Gasteiger partial charge in [-0.1, -0.05) is 42.0 Å². The van der Waals surface area contributed by atoms with E-state index in [-0.39, 0.29) is 32.7 Å². The van der Waals surface area contributed by atoms with Crippen LogP contribution in [0, 0.1) is 6.92 Å². The molecule has 1 aromatic heterocycles. The van der Waals surface area contributed by atoms with Gasteiger partial charge in [-0.2, -0.15) is 0 Å². The molecular formula is C15H16NY+. The van der Waals surface area contributed by atoms with Gasteiger partial charge in [-0.15, -0.1) is 0 Å². The van der Waals surface area contributed by atoms with Crippen molar-refractivity contribution in [1.82, 2.24) is 0 Å². The van der Waals surface area contributed by atoms with E-state index in [9.17, 15) is 0 Å². The SMILES string of the molecule is Cc1ccc(C=Cc2cc[n+](C)cc2)cc1.[Y]. The predicted molar refractivity (Wildman–Crippen MR) is 67.7 cm³/mol. The fraction of sp³-hybridized carbons (Fsp3) is 0.133. The minimum Gasteiger partial charge on any atom is -0.208 e. The van der Waals surface area contributed by atoms with Gasteiger partial charge in [-0.25, -0.2) is 4.57 Å². The Morgan fingerprint density at radius 3 is 1.82 bits per heavy atom. The molecule has 0 aliphatic heterocycles. The monoisotopic (exact) mass is 299 g/mol. The van der Waals surface area contributed by atoms with Crippen LogP contribution in [0.1, 0.15) is 16.7 Å². The van der Waals surface area contributed by atoms with E-state index < -0.39 is 0 Å². The fourth-order valence-corrected chi connectivity index (χ4v) is 1.49. The molecule has 0 spiro atoms. The number of hydrogen-bond acceptors (Lipinski definition) is 0. The minimum atomic E-state index is 0. The minimum absolute atomic E-state index is 0. The second-order valence-corrected chi connectivity index (χ2v) is 4.04. The summed E-state index contributed by atoms with van der Waals surface area (Å²) in [4.78, 5) is 0. The molecule has 0 bridgehead atoms. The van der Waals surface area contributed by atoms with Gasteiger partial charge >= 0.3 is 0 Å². The van der Waals surface area contributed by atoms with E-state index in [0.717, 1.165) is 0 Å². The molecule has 0 amide bonds. The Bertz CT molecular complexity index is 436. The number of rotatable bonds is 2. The van der Waals surface area contributed by atoms with E-state index in [2.05, 4.69) is 67.9 Å². The summed E-state index contributed by atoms with van der Waals surface area (Å²) < 4.78 is 2.03. The van der Waals surface area contributed by atoms with Crippen LogP contribution in [0.4, 0.5) is 0 Å². The Labute approximate surface area is 128 Å². The zero-order chi connectivity index (χ0) is 11.4. The van der Waals surface area contributed by atoms with Gasteiger partial charge in [0.25, 0.3) is 0 Å². The molecule has 0 atom stereocenters. The predicted octanol–water partition coefficient (Wildman–Crippen LogP) is 2.99. The molecule has 0 N–H and O–H groups in total. The standard InChI is InChI=1S/C15H16N.Y/c1-13-3-5-14(6-4-13)7-8-15-9-11-16(2)12-10-15;/h3-12H,1-2H3;/q+1;. The second kappa shape index (κ2) is 6.83. The third-order valence-electron chi connectivity index (χ3n) is 2.55. The van der Waals surface area contributed by atoms with E-state index >= 15 is 0 Å². The molecular weight excluding hydrogens is 283 g/mol. The maximum absolute atomic E-state index is 2.13. The van der Waals surface area contributed by atoms with Crippen LogP contribution in [-0.4, -0.2) is 0 Å². The third-order valence-corrected chi connectivity index (χ3v) is 2.55. The van der Waals surface area contributed by atoms with Crippen molar-refractivity contribution in [3.8, 4) is 0 Å². The van der Waals surface area contributed by atoms with Crippen LogP contribution in [0.3, 0.4) is 0 Å². The summed E-state index contributed by atoms with van der Waals surface area (Å²) in [5.74, 6) is 0. The Hall–Kier alpha value is -0.786. The molecule has 2 rings (SSSR count). The van der Waals surface area contributed by atoms with Crippen LogP contribution >= 0.6 is 0 Å². The van der Waals surface area contributed by atoms with E-state index in [4.69, 9.17) is 0 Å². The maximum Gasteiger partial charge on any atom is 0.169 e. The van der Waals surface area contributed by atoms with Crippen molar-refractivity contribution in [2.45, 2.75) is 6.92 Å². The van der Waals surface area contributed by atoms with Gasteiger partial charge in [0.15, 0.2) is 12.4 Å². The summed E-state index contributed by atoms with van der Waals surface area (Å²) in [6.45, 7) is 2.10. The molecule has 1 radical (unpaired) electrons. The van der Waals surface area contributed by atoms with Crippen molar-refractivity contribution in [3.63, 3.8) is 0 Å². The summed E-state index contributed by atoms with van der Waals surface area (Å²) in [6, 6.07) is 12.7. The molecule has 2 aromatic rings. The van der Waals surface area contributed by atoms with Gasteiger partial charge in [-0.05, 0) is 18.1 Å². The Morgan fingerprint density at radius 1 is 0.824 bits per heavy atom. The van der Waals surface area contributed by atoms with Gasteiger partial charge in [0.2, 0.25) is 0 Å². The van der Waals surface area contributed by atoms with Crippen LogP contribution in [0.5, 0.6) is 0 Å². The van der Waals surface area contributed by atoms with Crippen molar-refractivity contribution >= 4 is 12.2 Å². The average Bonchev–Trinajstić information content (AvgIpc) is 2.30. The van der Waals surface area contributed by atoms with E-state index in [1.54, 1.807) is 0 Å². The molecule has 0 aliphatic rings. The smallest absolute Gasteiger partial charge is 0.169 e. The zero-order valence-corrected chi connectivity index (χ0v) is 13.1. The molecule has 0 saturated heterocycles. The summed E-state index contributed by atoms with van der Waals surface area (Å²) >= 11 is 0. The first-order valence-corrected chi connectivity index (χ1v) is 5.44. The van der Waals surface area contributed by atoms with E-state index in [1.807, 2.05) is 11.6 Å². The molecule has 2 heteroatoms. The van der Waals surface area contributed by atoms with Crippen LogP contribution in [0.15, 0.2) is 48.8 Å². The Kier molecular flexibility index (Phi) is 5.74. The van der Waals surface area contributed by atoms with E-state index in [0.29, 0.717) is 0 Å². The summed E-state index contributed by atoms with van der Waals surface area (Å²) in [6.07, 6.45) is 8.36. The maximum atomic E-state index is 2.13. The van der Waals surface area contributed by atoms with Crippen LogP contribution in [0.25, 0.3) is 12.2 Å². The van der Waals surface area contributed by atoms with Crippen molar-refractivity contribution in [2.24, 2.45) is 7.05 Å². The first-order chi connectivity index (χ1) is 7.74. The number of pyridine rings is 1. The molecule has 0 aliphatic carbocycles. The molecule has 0 saturated carbocycles. The first-order valence-electron chi connectivity index (χ1n) is 5.44. The van der Waals surface area contributed by atoms with Crippen LogP contribution in [-0.2, 0) is 39.8 Å². The molecule has 1 aromatic carbocycles. The molecule has 83 valence electrons. The number of nitrogens with zero attached hydrogens (tertiary/aromatic N) is 1. The van der Waals surface area contributed by atoms with Crippen molar-refractivity contribution < 1.29 is 37.3 Å². The fourth-order valence-electron chi connectivity index (χ4n) is 1.49. The molecule has 1 nitrogen and oxygen atoms in total. The van der Waals surface area contributed by atoms with Crippen molar-refractivity contribution in [3.05, 3.63) is 65.5 Å². The van der Waals surface area contributed by atoms with Crippen LogP contribution < -0.4 is 4.57 Å². The Balaban J connectivity index is 0.00000144. The number of aromatic nitrogens is 1. The number of hydrogen-bond donors (Lipinski definition) is 0. The van der Waals surface area contributed by atoms with Crippen molar-refractivity contribution in [2.75, 3.05) is 0 Å². The van der Waals surface area contributed by atoms with E-state index in [1.165, 1.54) is 16.7 Å². The zero-order valence-electron chi connectivity index (χ0n) is 10.3. The average molecular weight is 299 g/mol. The molecule has 0 unspecified atom stereocenters. The van der Waals surface area contributed by atoms with Crippen molar-refractivity contribution in [1.29, 1.82) is 0 Å². The molecule has 17 heavy (non-hydrogen) atoms. The normalized spacial score (nSPS) is 10.2. The summed E-state index contributed by atoms with van der Waals surface area (Å²) in [5, 5.41) is 0. The van der Waals surface area contributed by atoms with Gasteiger partial charge in [0.05, 0.1) is 0 Å². The van der Waals surface area contributed by atoms with Crippen LogP contribution in [0.2, 0.25) is 0 Å². The van der Waals surface area contributed by atoms with Gasteiger partial charge < -0.3 is 0 Å². The number of aryl methyl sites for hydroxylation is 2. The second-order valence-electron chi connectivity index (χ2n) is 4.04. The quantitative estimate of drug-likeness (QED) is 0.751. The van der Waals surface area contributed by atoms with Gasteiger partial charge in [-0.3, -0.25) is 0 Å². The Morgan fingerprint density at radius 2 is 1.29 bits per heavy atom. The largest absolute Gasteiger partial charge is 0.208 e. The van der Waals surface area contributed by atoms with Gasteiger partial charge in [0.1, 0.15) is 7.05 Å². The molecule has 0 fully saturated rings. The topological polar surface area (TPSA) is 3.88 Å². The van der Waals surface area contributed by atoms with Gasteiger partial charge in [0, 0.05) is 44.8 Å². The first kappa shape index (κ1) is 14.3. The summed E-state index contributed by atoms with van der Waals surface area (Å²) in [5.41, 5.74) is 3.75. The third kappa shape index (κ3) is 4.53. The molecule has 1 heterocycles.